The topological polar surface area (TPSA) is 12.0 Å². The lowest BCUT2D eigenvalue weighted by molar-refractivity contribution is 0.482. The van der Waals surface area contributed by atoms with Crippen molar-refractivity contribution in [3.05, 3.63) is 35.6 Å². The number of hydrogen-bond donors (Lipinski definition) is 1. The summed E-state index contributed by atoms with van der Waals surface area (Å²) in [6, 6.07) is 7.04. The van der Waals surface area contributed by atoms with E-state index in [1.165, 1.54) is 37.7 Å². The molecule has 0 bridgehead atoms. The van der Waals surface area contributed by atoms with Crippen molar-refractivity contribution in [3.63, 3.8) is 0 Å². The van der Waals surface area contributed by atoms with Crippen LogP contribution in [0.5, 0.6) is 0 Å². The van der Waals surface area contributed by atoms with Gasteiger partial charge in [0.05, 0.1) is 0 Å². The van der Waals surface area contributed by atoms with Crippen LogP contribution in [0.4, 0.5) is 4.39 Å². The van der Waals surface area contributed by atoms with Crippen LogP contribution in [0.3, 0.4) is 0 Å². The number of hydrogen-bond acceptors (Lipinski definition) is 1. The van der Waals surface area contributed by atoms with Gasteiger partial charge in [-0.25, -0.2) is 4.39 Å². The molecule has 0 aliphatic carbocycles. The average molecular weight is 279 g/mol. The fourth-order valence-electron chi connectivity index (χ4n) is 2.49. The molecule has 2 heteroatoms. The van der Waals surface area contributed by atoms with Gasteiger partial charge >= 0.3 is 0 Å². The maximum absolute atomic E-state index is 13.0. The zero-order valence-corrected chi connectivity index (χ0v) is 13.3. The Morgan fingerprint density at radius 1 is 1.00 bits per heavy atom. The second-order valence-corrected chi connectivity index (χ2v) is 6.15. The molecule has 114 valence electrons. The molecule has 1 rings (SSSR count). The van der Waals surface area contributed by atoms with Crippen LogP contribution in [0.2, 0.25) is 0 Å². The van der Waals surface area contributed by atoms with Gasteiger partial charge in [-0.2, -0.15) is 0 Å². The molecule has 0 saturated heterocycles. The van der Waals surface area contributed by atoms with Crippen LogP contribution in [-0.2, 0) is 0 Å². The van der Waals surface area contributed by atoms with Crippen molar-refractivity contribution in [1.29, 1.82) is 0 Å². The smallest absolute Gasteiger partial charge is 0.123 e. The second-order valence-electron chi connectivity index (χ2n) is 6.15. The molecule has 1 aromatic rings. The summed E-state index contributed by atoms with van der Waals surface area (Å²) in [6.07, 6.45) is 6.34. The van der Waals surface area contributed by atoms with Gasteiger partial charge in [-0.05, 0) is 42.5 Å². The van der Waals surface area contributed by atoms with E-state index in [1.54, 1.807) is 12.1 Å². The minimum atomic E-state index is -0.145. The molecule has 0 aromatic heterocycles. The van der Waals surface area contributed by atoms with E-state index in [0.717, 1.165) is 13.1 Å². The minimum absolute atomic E-state index is 0.145. The van der Waals surface area contributed by atoms with Gasteiger partial charge in [0, 0.05) is 6.54 Å². The van der Waals surface area contributed by atoms with E-state index >= 15 is 0 Å². The first-order valence-electron chi connectivity index (χ1n) is 8.09. The summed E-state index contributed by atoms with van der Waals surface area (Å²) in [5.41, 5.74) is 1.26. The average Bonchev–Trinajstić information content (AvgIpc) is 2.42. The Kier molecular flexibility index (Phi) is 8.52. The van der Waals surface area contributed by atoms with Gasteiger partial charge in [0.1, 0.15) is 5.82 Å². The Morgan fingerprint density at radius 2 is 1.70 bits per heavy atom. The van der Waals surface area contributed by atoms with E-state index < -0.39 is 0 Å². The maximum Gasteiger partial charge on any atom is 0.123 e. The van der Waals surface area contributed by atoms with E-state index in [-0.39, 0.29) is 5.82 Å². The predicted octanol–water partition coefficient (Wildman–Crippen LogP) is 5.13. The molecular formula is C18H30FN. The molecule has 1 atom stereocenters. The molecule has 0 aliphatic heterocycles. The number of nitrogens with one attached hydrogen (secondary N) is 1. The number of unbranched alkanes of at least 4 members (excludes halogenated alkanes) is 3. The molecule has 1 aromatic carbocycles. The number of benzene rings is 1. The van der Waals surface area contributed by atoms with E-state index in [9.17, 15) is 4.39 Å². The summed E-state index contributed by atoms with van der Waals surface area (Å²) in [5.74, 6) is 1.03. The lowest BCUT2D eigenvalue weighted by atomic mass is 9.92. The summed E-state index contributed by atoms with van der Waals surface area (Å²) in [4.78, 5) is 0. The molecule has 1 N–H and O–H groups in total. The lowest BCUT2D eigenvalue weighted by Crippen LogP contribution is -2.25. The first-order valence-corrected chi connectivity index (χ1v) is 8.09. The second kappa shape index (κ2) is 9.93. The molecule has 0 radical (unpaired) electrons. The van der Waals surface area contributed by atoms with Crippen molar-refractivity contribution in [1.82, 2.24) is 5.32 Å². The lowest BCUT2D eigenvalue weighted by Gasteiger charge is -2.19. The van der Waals surface area contributed by atoms with Gasteiger partial charge in [0.15, 0.2) is 0 Å². The van der Waals surface area contributed by atoms with E-state index in [2.05, 4.69) is 26.1 Å². The molecule has 0 fully saturated rings. The van der Waals surface area contributed by atoms with Crippen molar-refractivity contribution in [2.45, 2.75) is 58.8 Å². The van der Waals surface area contributed by atoms with Gasteiger partial charge in [-0.1, -0.05) is 58.6 Å². The zero-order valence-electron chi connectivity index (χ0n) is 13.3. The van der Waals surface area contributed by atoms with Crippen LogP contribution in [0.1, 0.15) is 64.4 Å². The van der Waals surface area contributed by atoms with E-state index in [4.69, 9.17) is 0 Å². The highest BCUT2D eigenvalue weighted by molar-refractivity contribution is 5.20. The summed E-state index contributed by atoms with van der Waals surface area (Å²) in [7, 11) is 0. The van der Waals surface area contributed by atoms with Crippen LogP contribution in [0.15, 0.2) is 24.3 Å². The van der Waals surface area contributed by atoms with Crippen LogP contribution < -0.4 is 5.32 Å². The minimum Gasteiger partial charge on any atom is -0.316 e. The molecule has 1 unspecified atom stereocenters. The molecular weight excluding hydrogens is 249 g/mol. The fourth-order valence-corrected chi connectivity index (χ4v) is 2.49. The van der Waals surface area contributed by atoms with E-state index in [1.807, 2.05) is 12.1 Å². The molecule has 0 saturated carbocycles. The van der Waals surface area contributed by atoms with Crippen molar-refractivity contribution < 1.29 is 4.39 Å². The normalized spacial score (nSPS) is 12.8. The SMILES string of the molecule is CCCCCCC(CNCC(C)C)c1ccc(F)cc1. The highest BCUT2D eigenvalue weighted by Gasteiger charge is 2.11. The van der Waals surface area contributed by atoms with Gasteiger partial charge in [-0.3, -0.25) is 0 Å². The first-order chi connectivity index (χ1) is 9.63. The van der Waals surface area contributed by atoms with Crippen LogP contribution in [0.25, 0.3) is 0 Å². The monoisotopic (exact) mass is 279 g/mol. The van der Waals surface area contributed by atoms with Crippen molar-refractivity contribution in [2.24, 2.45) is 5.92 Å². The summed E-state index contributed by atoms with van der Waals surface area (Å²) >= 11 is 0. The van der Waals surface area contributed by atoms with Crippen molar-refractivity contribution in [3.8, 4) is 0 Å². The summed E-state index contributed by atoms with van der Waals surface area (Å²) in [5, 5.41) is 3.55. The molecule has 0 spiro atoms. The fraction of sp³-hybridized carbons (Fsp3) is 0.667. The van der Waals surface area contributed by atoms with Gasteiger partial charge in [0.25, 0.3) is 0 Å². The Morgan fingerprint density at radius 3 is 2.30 bits per heavy atom. The molecule has 1 nitrogen and oxygen atoms in total. The van der Waals surface area contributed by atoms with Gasteiger partial charge < -0.3 is 5.32 Å². The molecule has 0 amide bonds. The molecule has 0 aliphatic rings. The van der Waals surface area contributed by atoms with Crippen molar-refractivity contribution in [2.75, 3.05) is 13.1 Å². The van der Waals surface area contributed by atoms with Crippen LogP contribution >= 0.6 is 0 Å². The third-order valence-electron chi connectivity index (χ3n) is 3.69. The maximum atomic E-state index is 13.0. The number of rotatable bonds is 10. The molecule has 20 heavy (non-hydrogen) atoms. The quantitative estimate of drug-likeness (QED) is 0.586. The van der Waals surface area contributed by atoms with Crippen LogP contribution in [-0.4, -0.2) is 13.1 Å². The Balaban J connectivity index is 2.51. The van der Waals surface area contributed by atoms with Crippen molar-refractivity contribution >= 4 is 0 Å². The standard InChI is InChI=1S/C18H30FN/c1-4-5-6-7-8-17(14-20-13-15(2)3)16-9-11-18(19)12-10-16/h9-12,15,17,20H,4-8,13-14H2,1-3H3. The zero-order chi connectivity index (χ0) is 14.8. The third-order valence-corrected chi connectivity index (χ3v) is 3.69. The predicted molar refractivity (Wildman–Crippen MR) is 85.6 cm³/mol. The molecule has 0 heterocycles. The van der Waals surface area contributed by atoms with Gasteiger partial charge in [-0.15, -0.1) is 0 Å². The highest BCUT2D eigenvalue weighted by atomic mass is 19.1. The first kappa shape index (κ1) is 17.2. The highest BCUT2D eigenvalue weighted by Crippen LogP contribution is 2.22. The third kappa shape index (κ3) is 7.04. The largest absolute Gasteiger partial charge is 0.316 e. The Labute approximate surface area is 124 Å². The van der Waals surface area contributed by atoms with Crippen LogP contribution in [0, 0.1) is 11.7 Å². The van der Waals surface area contributed by atoms with Gasteiger partial charge in [0.2, 0.25) is 0 Å². The summed E-state index contributed by atoms with van der Waals surface area (Å²) < 4.78 is 13.0. The Hall–Kier alpha value is -0.890. The van der Waals surface area contributed by atoms with E-state index in [0.29, 0.717) is 11.8 Å². The number of halogens is 1. The Bertz CT molecular complexity index is 345. The summed E-state index contributed by atoms with van der Waals surface area (Å²) in [6.45, 7) is 8.73.